The lowest BCUT2D eigenvalue weighted by molar-refractivity contribution is 0.0430. The molecule has 10 heteroatoms. The maximum atomic E-state index is 10.7. The van der Waals surface area contributed by atoms with Crippen LogP contribution in [0.1, 0.15) is 5.76 Å². The summed E-state index contributed by atoms with van der Waals surface area (Å²) in [6.07, 6.45) is -0.584. The molecule has 0 amide bonds. The predicted octanol–water partition coefficient (Wildman–Crippen LogP) is 5.19. The van der Waals surface area contributed by atoms with E-state index >= 15 is 0 Å². The molecule has 3 aromatic carbocycles. The van der Waals surface area contributed by atoms with Crippen LogP contribution in [0.2, 0.25) is 0 Å². The van der Waals surface area contributed by atoms with Gasteiger partial charge in [0.05, 0.1) is 31.0 Å². The van der Waals surface area contributed by atoms with Crippen LogP contribution in [0.15, 0.2) is 77.3 Å². The second kappa shape index (κ2) is 12.9. The van der Waals surface area contributed by atoms with Crippen LogP contribution in [-0.2, 0) is 6.54 Å². The van der Waals surface area contributed by atoms with Crippen molar-refractivity contribution in [2.45, 2.75) is 12.6 Å². The molecule has 0 unspecified atom stereocenters. The van der Waals surface area contributed by atoms with E-state index in [1.165, 1.54) is 0 Å². The molecule has 0 radical (unpaired) electrons. The van der Waals surface area contributed by atoms with Crippen molar-refractivity contribution in [2.75, 3.05) is 53.6 Å². The summed E-state index contributed by atoms with van der Waals surface area (Å²) in [5.41, 5.74) is 3.61. The Kier molecular flexibility index (Phi) is 8.66. The molecule has 3 heterocycles. The Bertz CT molecular complexity index is 1610. The van der Waals surface area contributed by atoms with Crippen molar-refractivity contribution >= 4 is 21.6 Å². The highest BCUT2D eigenvalue weighted by Crippen LogP contribution is 2.34. The van der Waals surface area contributed by atoms with Crippen molar-refractivity contribution in [3.05, 3.63) is 78.6 Å². The number of thiazole rings is 1. The fourth-order valence-corrected chi connectivity index (χ4v) is 6.07. The number of aliphatic hydroxyl groups is 1. The summed E-state index contributed by atoms with van der Waals surface area (Å²) < 4.78 is 23.5. The van der Waals surface area contributed by atoms with Crippen LogP contribution in [-0.4, -0.2) is 84.7 Å². The summed E-state index contributed by atoms with van der Waals surface area (Å²) in [6, 6.07) is 23.7. The zero-order valence-electron chi connectivity index (χ0n) is 23.7. The fraction of sp³-hybridized carbons (Fsp3) is 0.312. The highest BCUT2D eigenvalue weighted by Gasteiger charge is 2.22. The zero-order valence-corrected chi connectivity index (χ0v) is 24.5. The lowest BCUT2D eigenvalue weighted by Gasteiger charge is -2.35. The van der Waals surface area contributed by atoms with E-state index in [0.29, 0.717) is 18.8 Å². The molecule has 0 aliphatic carbocycles. The van der Waals surface area contributed by atoms with Crippen molar-refractivity contribution in [3.63, 3.8) is 0 Å². The van der Waals surface area contributed by atoms with Crippen LogP contribution < -0.4 is 14.2 Å². The number of hydrogen-bond acceptors (Lipinski definition) is 10. The summed E-state index contributed by atoms with van der Waals surface area (Å²) in [4.78, 5) is 9.38. The molecule has 6 rings (SSSR count). The maximum absolute atomic E-state index is 10.7. The van der Waals surface area contributed by atoms with Gasteiger partial charge in [-0.15, -0.1) is 11.3 Å². The number of rotatable bonds is 11. The van der Waals surface area contributed by atoms with Crippen molar-refractivity contribution in [2.24, 2.45) is 0 Å². The number of β-amino-alcohol motifs (C(OH)–C–C–N with tert-alkyl or cyclic N) is 1. The van der Waals surface area contributed by atoms with E-state index in [0.717, 1.165) is 75.5 Å². The van der Waals surface area contributed by atoms with Gasteiger partial charge in [-0.2, -0.15) is 0 Å². The third kappa shape index (κ3) is 6.57. The smallest absolute Gasteiger partial charge is 0.151 e. The molecule has 9 nitrogen and oxygen atoms in total. The van der Waals surface area contributed by atoms with Crippen LogP contribution in [0.4, 0.5) is 0 Å². The van der Waals surface area contributed by atoms with Crippen LogP contribution in [0.5, 0.6) is 17.2 Å². The molecule has 1 aliphatic rings. The highest BCUT2D eigenvalue weighted by atomic mass is 32.1. The fourth-order valence-electron chi connectivity index (χ4n) is 5.12. The number of aromatic nitrogens is 2. The number of aliphatic hydroxyl groups excluding tert-OH is 1. The standard InChI is InChI=1S/C32H34N4O5S/c1-38-24-8-10-27(30(18-24)39-2)28-17-26(41-34-28)20-36-14-12-35(13-15-36)19-23(37)21-40-25-9-11-31-29(16-25)33-32(42-31)22-6-4-3-5-7-22/h3-11,16-18,23,37H,12-15,19-21H2,1-2H3/t23-/m1/s1. The van der Waals surface area contributed by atoms with Crippen molar-refractivity contribution in [3.8, 4) is 39.1 Å². The van der Waals surface area contributed by atoms with Crippen molar-refractivity contribution < 1.29 is 23.8 Å². The first kappa shape index (κ1) is 28.2. The largest absolute Gasteiger partial charge is 0.497 e. The summed E-state index contributed by atoms with van der Waals surface area (Å²) in [5, 5.41) is 15.9. The average molecular weight is 587 g/mol. The number of methoxy groups -OCH3 is 2. The molecule has 1 atom stereocenters. The van der Waals surface area contributed by atoms with E-state index in [1.54, 1.807) is 25.6 Å². The Labute approximate surface area is 248 Å². The molecule has 1 saturated heterocycles. The van der Waals surface area contributed by atoms with Crippen LogP contribution >= 0.6 is 11.3 Å². The van der Waals surface area contributed by atoms with Gasteiger partial charge in [-0.05, 0) is 24.3 Å². The van der Waals surface area contributed by atoms with Gasteiger partial charge >= 0.3 is 0 Å². The topological polar surface area (TPSA) is 93.3 Å². The average Bonchev–Trinajstić information content (AvgIpc) is 3.68. The van der Waals surface area contributed by atoms with Gasteiger partial charge in [-0.3, -0.25) is 9.80 Å². The van der Waals surface area contributed by atoms with Crippen LogP contribution in [0.25, 0.3) is 32.0 Å². The van der Waals surface area contributed by atoms with E-state index in [4.69, 9.17) is 23.7 Å². The highest BCUT2D eigenvalue weighted by molar-refractivity contribution is 7.21. The number of ether oxygens (including phenoxy) is 3. The van der Waals surface area contributed by atoms with Gasteiger partial charge < -0.3 is 23.8 Å². The number of fused-ring (bicyclic) bond motifs is 1. The third-order valence-electron chi connectivity index (χ3n) is 7.38. The molecule has 2 aromatic heterocycles. The molecule has 218 valence electrons. The van der Waals surface area contributed by atoms with Gasteiger partial charge in [0.15, 0.2) is 5.76 Å². The molecule has 0 bridgehead atoms. The monoisotopic (exact) mass is 586 g/mol. The van der Waals surface area contributed by atoms with Gasteiger partial charge in [0.25, 0.3) is 0 Å². The van der Waals surface area contributed by atoms with Gasteiger partial charge in [0, 0.05) is 62.0 Å². The van der Waals surface area contributed by atoms with E-state index in [9.17, 15) is 5.11 Å². The quantitative estimate of drug-likeness (QED) is 0.224. The second-order valence-electron chi connectivity index (χ2n) is 10.3. The molecule has 5 aromatic rings. The van der Waals surface area contributed by atoms with E-state index in [-0.39, 0.29) is 6.61 Å². The van der Waals surface area contributed by atoms with Crippen molar-refractivity contribution in [1.82, 2.24) is 19.9 Å². The molecular weight excluding hydrogens is 552 g/mol. The molecular formula is C32H34N4O5S. The Morgan fingerprint density at radius 3 is 2.48 bits per heavy atom. The minimum absolute atomic E-state index is 0.233. The molecule has 1 aliphatic heterocycles. The second-order valence-corrected chi connectivity index (χ2v) is 11.3. The number of hydrogen-bond donors (Lipinski definition) is 1. The Hall–Kier alpha value is -3.96. The molecule has 1 fully saturated rings. The minimum atomic E-state index is -0.584. The first-order valence-corrected chi connectivity index (χ1v) is 14.8. The summed E-state index contributed by atoms with van der Waals surface area (Å²) in [7, 11) is 3.26. The Balaban J connectivity index is 0.963. The van der Waals surface area contributed by atoms with E-state index in [2.05, 4.69) is 27.1 Å². The molecule has 42 heavy (non-hydrogen) atoms. The maximum Gasteiger partial charge on any atom is 0.151 e. The lowest BCUT2D eigenvalue weighted by Crippen LogP contribution is -2.48. The van der Waals surface area contributed by atoms with Crippen molar-refractivity contribution in [1.29, 1.82) is 0 Å². The normalized spacial score (nSPS) is 15.1. The summed E-state index contributed by atoms with van der Waals surface area (Å²) in [6.45, 7) is 4.94. The van der Waals surface area contributed by atoms with Gasteiger partial charge in [0.2, 0.25) is 0 Å². The molecule has 1 N–H and O–H groups in total. The van der Waals surface area contributed by atoms with Gasteiger partial charge in [-0.25, -0.2) is 4.98 Å². The number of benzene rings is 3. The first-order chi connectivity index (χ1) is 20.6. The summed E-state index contributed by atoms with van der Waals surface area (Å²) >= 11 is 1.66. The Morgan fingerprint density at radius 1 is 0.905 bits per heavy atom. The number of nitrogens with zero attached hydrogens (tertiary/aromatic N) is 4. The predicted molar refractivity (Wildman–Crippen MR) is 163 cm³/mol. The minimum Gasteiger partial charge on any atom is -0.497 e. The summed E-state index contributed by atoms with van der Waals surface area (Å²) in [5.74, 6) is 2.93. The number of piperazine rings is 1. The van der Waals surface area contributed by atoms with Gasteiger partial charge in [-0.1, -0.05) is 35.5 Å². The first-order valence-electron chi connectivity index (χ1n) is 14.0. The molecule has 0 saturated carbocycles. The van der Waals surface area contributed by atoms with Crippen LogP contribution in [0, 0.1) is 0 Å². The van der Waals surface area contributed by atoms with Gasteiger partial charge in [0.1, 0.15) is 40.7 Å². The Morgan fingerprint density at radius 2 is 1.69 bits per heavy atom. The van der Waals surface area contributed by atoms with E-state index < -0.39 is 6.10 Å². The lowest BCUT2D eigenvalue weighted by atomic mass is 10.1. The van der Waals surface area contributed by atoms with E-state index in [1.807, 2.05) is 60.7 Å². The van der Waals surface area contributed by atoms with Crippen LogP contribution in [0.3, 0.4) is 0 Å². The third-order valence-corrected chi connectivity index (χ3v) is 8.46. The SMILES string of the molecule is COc1ccc(-c2cc(CN3CCN(C[C@@H](O)COc4ccc5sc(-c6ccccc6)nc5c4)CC3)on2)c(OC)c1. The molecule has 0 spiro atoms. The zero-order chi connectivity index (χ0) is 28.9.